The molecule has 0 spiro atoms. The number of aliphatic hydroxyl groups is 1. The number of hydrogen-bond donors (Lipinski definition) is 2. The molecule has 2 N–H and O–H groups in total. The average Bonchev–Trinajstić information content (AvgIpc) is 2.88. The van der Waals surface area contributed by atoms with Crippen LogP contribution < -0.4 is 4.74 Å². The first-order valence-corrected chi connectivity index (χ1v) is 9.25. The first-order chi connectivity index (χ1) is 11.3. The molecule has 0 aromatic heterocycles. The minimum Gasteiger partial charge on any atom is -0.508 e. The summed E-state index contributed by atoms with van der Waals surface area (Å²) in [6.07, 6.45) is 5.71. The van der Waals surface area contributed by atoms with Crippen molar-refractivity contribution in [2.75, 3.05) is 0 Å². The van der Waals surface area contributed by atoms with Gasteiger partial charge in [0.25, 0.3) is 0 Å². The van der Waals surface area contributed by atoms with Crippen molar-refractivity contribution < 1.29 is 14.9 Å². The maximum absolute atomic E-state index is 10.8. The molecule has 3 rings (SSSR count). The van der Waals surface area contributed by atoms with Crippen molar-refractivity contribution in [3.05, 3.63) is 35.4 Å². The van der Waals surface area contributed by atoms with Gasteiger partial charge in [0.05, 0.1) is 5.60 Å². The molecule has 1 fully saturated rings. The molecular weight excluding hydrogens is 300 g/mol. The number of aromatic hydroxyl groups is 1. The van der Waals surface area contributed by atoms with Crippen LogP contribution in [0.5, 0.6) is 11.5 Å². The van der Waals surface area contributed by atoms with Crippen molar-refractivity contribution >= 4 is 0 Å². The Morgan fingerprint density at radius 1 is 1.38 bits per heavy atom. The van der Waals surface area contributed by atoms with E-state index in [0.29, 0.717) is 12.2 Å². The van der Waals surface area contributed by atoms with Gasteiger partial charge in [-0.1, -0.05) is 31.9 Å². The van der Waals surface area contributed by atoms with Gasteiger partial charge in [0.2, 0.25) is 0 Å². The van der Waals surface area contributed by atoms with Crippen molar-refractivity contribution in [1.82, 2.24) is 0 Å². The third-order valence-electron chi connectivity index (χ3n) is 5.80. The molecule has 3 heteroatoms. The molecule has 0 saturated heterocycles. The van der Waals surface area contributed by atoms with Crippen molar-refractivity contribution in [2.24, 2.45) is 5.92 Å². The fraction of sp³-hybridized carbons (Fsp3) is 0.619. The highest BCUT2D eigenvalue weighted by Crippen LogP contribution is 2.56. The number of fused-ring (bicyclic) bond motifs is 3. The second kappa shape index (κ2) is 6.44. The third kappa shape index (κ3) is 2.95. The Morgan fingerprint density at radius 3 is 2.79 bits per heavy atom. The molecule has 0 radical (unpaired) electrons. The molecule has 1 saturated carbocycles. The SMILES string of the molecule is C=C(C)[C@@H]1CC[C@](C)(O)[C@@H]2Oc3cc(CCCCC)cc(O)c3[C@H]21. The second-order valence-corrected chi connectivity index (χ2v) is 7.90. The van der Waals surface area contributed by atoms with Crippen LogP contribution in [0, 0.1) is 5.92 Å². The molecule has 1 aromatic carbocycles. The van der Waals surface area contributed by atoms with Crippen molar-refractivity contribution in [3.8, 4) is 11.5 Å². The molecule has 2 aliphatic rings. The van der Waals surface area contributed by atoms with E-state index in [1.165, 1.54) is 12.8 Å². The quantitative estimate of drug-likeness (QED) is 0.607. The van der Waals surface area contributed by atoms with Gasteiger partial charge in [0.15, 0.2) is 0 Å². The van der Waals surface area contributed by atoms with Crippen LogP contribution in [-0.2, 0) is 6.42 Å². The van der Waals surface area contributed by atoms with Gasteiger partial charge in [-0.2, -0.15) is 0 Å². The standard InChI is InChI=1S/C21H30O3/c1-5-6-7-8-14-11-16(22)19-17(12-14)24-20-18(19)15(13(2)3)9-10-21(20,4)23/h11-12,15,18,20,22-23H,2,5-10H2,1,3-4H3/t15-,18+,20+,21-/m0/s1. The summed E-state index contributed by atoms with van der Waals surface area (Å²) in [4.78, 5) is 0. The number of phenolic OH excluding ortho intramolecular Hbond substituents is 1. The van der Waals surface area contributed by atoms with E-state index >= 15 is 0 Å². The smallest absolute Gasteiger partial charge is 0.135 e. The fourth-order valence-corrected chi connectivity index (χ4v) is 4.43. The van der Waals surface area contributed by atoms with Gasteiger partial charge in [-0.15, -0.1) is 0 Å². The highest BCUT2D eigenvalue weighted by molar-refractivity contribution is 5.54. The number of aryl methyl sites for hydroxylation is 1. The maximum atomic E-state index is 10.8. The first kappa shape index (κ1) is 17.3. The first-order valence-electron chi connectivity index (χ1n) is 9.25. The Morgan fingerprint density at radius 2 is 2.12 bits per heavy atom. The summed E-state index contributed by atoms with van der Waals surface area (Å²) in [5, 5.41) is 21.5. The summed E-state index contributed by atoms with van der Waals surface area (Å²) >= 11 is 0. The normalized spacial score (nSPS) is 31.2. The molecule has 1 heterocycles. The van der Waals surface area contributed by atoms with E-state index in [1.54, 1.807) is 0 Å². The summed E-state index contributed by atoms with van der Waals surface area (Å²) in [7, 11) is 0. The van der Waals surface area contributed by atoms with Crippen LogP contribution in [0.4, 0.5) is 0 Å². The minimum atomic E-state index is -0.871. The topological polar surface area (TPSA) is 49.7 Å². The van der Waals surface area contributed by atoms with E-state index in [2.05, 4.69) is 19.6 Å². The number of ether oxygens (including phenoxy) is 1. The molecule has 0 unspecified atom stereocenters. The number of hydrogen-bond acceptors (Lipinski definition) is 3. The van der Waals surface area contributed by atoms with Gasteiger partial charge in [-0.05, 0) is 63.1 Å². The Balaban J connectivity index is 1.96. The van der Waals surface area contributed by atoms with Crippen LogP contribution in [-0.4, -0.2) is 21.9 Å². The zero-order valence-electron chi connectivity index (χ0n) is 15.1. The molecule has 0 bridgehead atoms. The molecule has 0 amide bonds. The maximum Gasteiger partial charge on any atom is 0.135 e. The average molecular weight is 330 g/mol. The predicted molar refractivity (Wildman–Crippen MR) is 96.7 cm³/mol. The third-order valence-corrected chi connectivity index (χ3v) is 5.80. The number of rotatable bonds is 5. The Labute approximate surface area is 145 Å². The van der Waals surface area contributed by atoms with E-state index in [1.807, 2.05) is 19.9 Å². The largest absolute Gasteiger partial charge is 0.508 e. The number of benzene rings is 1. The van der Waals surface area contributed by atoms with Crippen molar-refractivity contribution in [2.45, 2.75) is 76.9 Å². The number of unbranched alkanes of at least 4 members (excludes halogenated alkanes) is 2. The van der Waals surface area contributed by atoms with E-state index in [9.17, 15) is 10.2 Å². The van der Waals surface area contributed by atoms with Crippen LogP contribution in [0.3, 0.4) is 0 Å². The van der Waals surface area contributed by atoms with Crippen molar-refractivity contribution in [1.29, 1.82) is 0 Å². The minimum absolute atomic E-state index is 0.00839. The Bertz CT molecular complexity index is 632. The van der Waals surface area contributed by atoms with Gasteiger partial charge in [-0.25, -0.2) is 0 Å². The lowest BCUT2D eigenvalue weighted by Gasteiger charge is -2.42. The number of phenols is 1. The van der Waals surface area contributed by atoms with Gasteiger partial charge >= 0.3 is 0 Å². The molecule has 1 aliphatic carbocycles. The van der Waals surface area contributed by atoms with Gasteiger partial charge in [0.1, 0.15) is 17.6 Å². The fourth-order valence-electron chi connectivity index (χ4n) is 4.43. The number of allylic oxidation sites excluding steroid dienone is 1. The van der Waals surface area contributed by atoms with Gasteiger partial charge in [-0.3, -0.25) is 0 Å². The Hall–Kier alpha value is -1.48. The molecule has 3 nitrogen and oxygen atoms in total. The Kier molecular flexibility index (Phi) is 4.65. The molecular formula is C21H30O3. The van der Waals surface area contributed by atoms with Crippen LogP contribution in [0.2, 0.25) is 0 Å². The predicted octanol–water partition coefficient (Wildman–Crippen LogP) is 4.71. The molecule has 1 aromatic rings. The lowest BCUT2D eigenvalue weighted by molar-refractivity contribution is -0.0824. The monoisotopic (exact) mass is 330 g/mol. The molecule has 1 aliphatic heterocycles. The summed E-state index contributed by atoms with van der Waals surface area (Å²) in [5.74, 6) is 1.31. The molecule has 4 atom stereocenters. The lowest BCUT2D eigenvalue weighted by atomic mass is 9.66. The van der Waals surface area contributed by atoms with E-state index in [4.69, 9.17) is 4.74 Å². The summed E-state index contributed by atoms with van der Waals surface area (Å²) in [6, 6.07) is 3.95. The van der Waals surface area contributed by atoms with Crippen LogP contribution >= 0.6 is 0 Å². The van der Waals surface area contributed by atoms with Crippen LogP contribution in [0.1, 0.15) is 69.9 Å². The lowest BCUT2D eigenvalue weighted by Crippen LogP contribution is -2.50. The molecule has 132 valence electrons. The summed E-state index contributed by atoms with van der Waals surface area (Å²) in [6.45, 7) is 10.2. The van der Waals surface area contributed by atoms with Crippen molar-refractivity contribution in [3.63, 3.8) is 0 Å². The summed E-state index contributed by atoms with van der Waals surface area (Å²) in [5.41, 5.74) is 2.21. The zero-order valence-corrected chi connectivity index (χ0v) is 15.1. The summed E-state index contributed by atoms with van der Waals surface area (Å²) < 4.78 is 6.18. The van der Waals surface area contributed by atoms with E-state index in [0.717, 1.165) is 41.7 Å². The van der Waals surface area contributed by atoms with E-state index < -0.39 is 5.60 Å². The highest BCUT2D eigenvalue weighted by atomic mass is 16.5. The van der Waals surface area contributed by atoms with Crippen LogP contribution in [0.15, 0.2) is 24.3 Å². The molecule has 24 heavy (non-hydrogen) atoms. The highest BCUT2D eigenvalue weighted by Gasteiger charge is 2.53. The zero-order chi connectivity index (χ0) is 17.5. The van der Waals surface area contributed by atoms with Crippen LogP contribution in [0.25, 0.3) is 0 Å². The van der Waals surface area contributed by atoms with E-state index in [-0.39, 0.29) is 17.9 Å². The second-order valence-electron chi connectivity index (χ2n) is 7.90. The van der Waals surface area contributed by atoms with Gasteiger partial charge in [0, 0.05) is 11.5 Å². The van der Waals surface area contributed by atoms with Gasteiger partial charge < -0.3 is 14.9 Å².